The van der Waals surface area contributed by atoms with E-state index in [2.05, 4.69) is 22.8 Å². The number of hydrogen-bond donors (Lipinski definition) is 2. The molecule has 1 saturated heterocycles. The molecule has 2 aliphatic rings. The highest BCUT2D eigenvalue weighted by Gasteiger charge is 2.28. The maximum atomic E-state index is 12.3. The van der Waals surface area contributed by atoms with Gasteiger partial charge in [0.2, 0.25) is 11.8 Å². The summed E-state index contributed by atoms with van der Waals surface area (Å²) >= 11 is 0. The first kappa shape index (κ1) is 16.5. The second-order valence-electron chi connectivity index (χ2n) is 6.37. The molecule has 128 valence electrons. The van der Waals surface area contributed by atoms with Gasteiger partial charge in [-0.15, -0.1) is 0 Å². The predicted molar refractivity (Wildman–Crippen MR) is 89.2 cm³/mol. The van der Waals surface area contributed by atoms with E-state index < -0.39 is 0 Å². The molecule has 1 atom stereocenters. The summed E-state index contributed by atoms with van der Waals surface area (Å²) in [6.07, 6.45) is 5.07. The van der Waals surface area contributed by atoms with Crippen LogP contribution in [0.25, 0.3) is 0 Å². The number of hydrogen-bond acceptors (Lipinski definition) is 3. The summed E-state index contributed by atoms with van der Waals surface area (Å²) in [4.78, 5) is 36.4. The Balaban J connectivity index is 1.52. The highest BCUT2D eigenvalue weighted by atomic mass is 16.2. The van der Waals surface area contributed by atoms with Crippen LogP contribution in [0.4, 0.5) is 4.79 Å². The lowest BCUT2D eigenvalue weighted by Gasteiger charge is -2.20. The molecule has 4 amide bonds. The molecule has 1 aromatic rings. The summed E-state index contributed by atoms with van der Waals surface area (Å²) in [5.41, 5.74) is 2.54. The number of rotatable bonds is 5. The average Bonchev–Trinajstić information content (AvgIpc) is 2.79. The van der Waals surface area contributed by atoms with Crippen LogP contribution in [-0.2, 0) is 16.0 Å². The van der Waals surface area contributed by atoms with Crippen molar-refractivity contribution in [2.45, 2.75) is 44.6 Å². The van der Waals surface area contributed by atoms with Crippen molar-refractivity contribution in [3.8, 4) is 0 Å². The number of benzene rings is 1. The molecule has 2 N–H and O–H groups in total. The zero-order valence-corrected chi connectivity index (χ0v) is 13.7. The monoisotopic (exact) mass is 329 g/mol. The van der Waals surface area contributed by atoms with E-state index >= 15 is 0 Å². The van der Waals surface area contributed by atoms with Gasteiger partial charge in [0, 0.05) is 13.0 Å². The van der Waals surface area contributed by atoms with Gasteiger partial charge in [0.15, 0.2) is 0 Å². The Bertz CT molecular complexity index is 628. The smallest absolute Gasteiger partial charge is 0.324 e. The fourth-order valence-corrected chi connectivity index (χ4v) is 3.42. The number of carbonyl (C=O) groups excluding carboxylic acids is 3. The molecule has 3 rings (SSSR count). The van der Waals surface area contributed by atoms with Crippen molar-refractivity contribution < 1.29 is 14.4 Å². The second kappa shape index (κ2) is 7.47. The third-order valence-corrected chi connectivity index (χ3v) is 4.68. The van der Waals surface area contributed by atoms with Crippen molar-refractivity contribution in [3.05, 3.63) is 35.4 Å². The van der Waals surface area contributed by atoms with Gasteiger partial charge in [-0.3, -0.25) is 14.5 Å². The molecular formula is C18H23N3O3. The Morgan fingerprint density at radius 3 is 2.88 bits per heavy atom. The number of carbonyl (C=O) groups is 3. The summed E-state index contributed by atoms with van der Waals surface area (Å²) in [7, 11) is 0. The third kappa shape index (κ3) is 3.75. The van der Waals surface area contributed by atoms with E-state index in [9.17, 15) is 14.4 Å². The van der Waals surface area contributed by atoms with Crippen molar-refractivity contribution >= 4 is 17.8 Å². The minimum Gasteiger partial charge on any atom is -0.349 e. The van der Waals surface area contributed by atoms with Crippen LogP contribution in [0.1, 0.15) is 49.3 Å². The summed E-state index contributed by atoms with van der Waals surface area (Å²) in [5, 5.41) is 5.60. The third-order valence-electron chi connectivity index (χ3n) is 4.68. The quantitative estimate of drug-likeness (QED) is 0.640. The van der Waals surface area contributed by atoms with Gasteiger partial charge in [0.05, 0.1) is 12.6 Å². The number of nitrogens with one attached hydrogen (secondary N) is 2. The molecule has 0 unspecified atom stereocenters. The Morgan fingerprint density at radius 1 is 1.25 bits per heavy atom. The van der Waals surface area contributed by atoms with Gasteiger partial charge in [-0.25, -0.2) is 4.79 Å². The molecule has 0 spiro atoms. The topological polar surface area (TPSA) is 78.5 Å². The van der Waals surface area contributed by atoms with E-state index in [1.54, 1.807) is 0 Å². The van der Waals surface area contributed by atoms with Crippen LogP contribution in [0.5, 0.6) is 0 Å². The van der Waals surface area contributed by atoms with Gasteiger partial charge in [0.1, 0.15) is 0 Å². The fraction of sp³-hybridized carbons (Fsp3) is 0.500. The van der Waals surface area contributed by atoms with Gasteiger partial charge >= 0.3 is 6.03 Å². The molecule has 1 aromatic carbocycles. The summed E-state index contributed by atoms with van der Waals surface area (Å²) in [5.74, 6) is -0.248. The largest absolute Gasteiger partial charge is 0.349 e. The number of aryl methyl sites for hydroxylation is 1. The molecular weight excluding hydrogens is 306 g/mol. The molecule has 1 heterocycles. The number of nitrogens with zero attached hydrogens (tertiary/aromatic N) is 1. The van der Waals surface area contributed by atoms with Gasteiger partial charge in [0.25, 0.3) is 0 Å². The lowest BCUT2D eigenvalue weighted by molar-refractivity contribution is -0.126. The van der Waals surface area contributed by atoms with Crippen molar-refractivity contribution in [2.75, 3.05) is 13.1 Å². The minimum atomic E-state index is -0.363. The normalized spacial score (nSPS) is 20.3. The van der Waals surface area contributed by atoms with E-state index in [0.29, 0.717) is 19.4 Å². The Kier molecular flexibility index (Phi) is 5.13. The number of amides is 4. The number of imide groups is 1. The van der Waals surface area contributed by atoms with Gasteiger partial charge in [-0.2, -0.15) is 0 Å². The SMILES string of the molecule is O=C(CCCN1C(=O)CNC1=O)N[C@@H]1CCCCc2ccccc21. The zero-order valence-electron chi connectivity index (χ0n) is 13.7. The van der Waals surface area contributed by atoms with E-state index in [1.165, 1.54) is 16.0 Å². The van der Waals surface area contributed by atoms with Crippen molar-refractivity contribution in [1.82, 2.24) is 15.5 Å². The van der Waals surface area contributed by atoms with E-state index in [-0.39, 0.29) is 30.4 Å². The molecule has 0 bridgehead atoms. The summed E-state index contributed by atoms with van der Waals surface area (Å²) in [6.45, 7) is 0.350. The van der Waals surface area contributed by atoms with Crippen LogP contribution in [0.3, 0.4) is 0 Å². The molecule has 24 heavy (non-hydrogen) atoms. The molecule has 0 saturated carbocycles. The van der Waals surface area contributed by atoms with E-state index in [1.807, 2.05) is 12.1 Å². The summed E-state index contributed by atoms with van der Waals surface area (Å²) in [6, 6.07) is 7.99. The Labute approximate surface area is 141 Å². The van der Waals surface area contributed by atoms with E-state index in [4.69, 9.17) is 0 Å². The van der Waals surface area contributed by atoms with Crippen LogP contribution in [0.2, 0.25) is 0 Å². The maximum Gasteiger partial charge on any atom is 0.324 e. The molecule has 1 aliphatic heterocycles. The van der Waals surface area contributed by atoms with Crippen LogP contribution < -0.4 is 10.6 Å². The summed E-state index contributed by atoms with van der Waals surface area (Å²) < 4.78 is 0. The van der Waals surface area contributed by atoms with Crippen LogP contribution >= 0.6 is 0 Å². The van der Waals surface area contributed by atoms with Gasteiger partial charge in [-0.1, -0.05) is 30.7 Å². The molecule has 6 nitrogen and oxygen atoms in total. The first-order valence-corrected chi connectivity index (χ1v) is 8.60. The highest BCUT2D eigenvalue weighted by molar-refractivity contribution is 6.01. The minimum absolute atomic E-state index is 0.0243. The molecule has 1 fully saturated rings. The van der Waals surface area contributed by atoms with Gasteiger partial charge in [-0.05, 0) is 36.8 Å². The highest BCUT2D eigenvalue weighted by Crippen LogP contribution is 2.28. The number of urea groups is 1. The van der Waals surface area contributed by atoms with Gasteiger partial charge < -0.3 is 10.6 Å². The zero-order chi connectivity index (χ0) is 16.9. The van der Waals surface area contributed by atoms with Crippen LogP contribution in [-0.4, -0.2) is 35.8 Å². The molecule has 0 aromatic heterocycles. The van der Waals surface area contributed by atoms with Crippen LogP contribution in [0, 0.1) is 0 Å². The van der Waals surface area contributed by atoms with Crippen molar-refractivity contribution in [2.24, 2.45) is 0 Å². The average molecular weight is 329 g/mol. The predicted octanol–water partition coefficient (Wildman–Crippen LogP) is 1.90. The molecule has 1 aliphatic carbocycles. The maximum absolute atomic E-state index is 12.3. The molecule has 6 heteroatoms. The second-order valence-corrected chi connectivity index (χ2v) is 6.37. The number of fused-ring (bicyclic) bond motifs is 1. The first-order chi connectivity index (χ1) is 11.6. The lowest BCUT2D eigenvalue weighted by Crippen LogP contribution is -2.33. The van der Waals surface area contributed by atoms with E-state index in [0.717, 1.165) is 25.7 Å². The molecule has 0 radical (unpaired) electrons. The standard InChI is InChI=1S/C18H23N3O3/c22-16(10-5-11-21-17(23)12-19-18(21)24)20-15-9-4-2-7-13-6-1-3-8-14(13)15/h1,3,6,8,15H,2,4-5,7,9-12H2,(H,19,24)(H,20,22)/t15-/m1/s1. The van der Waals surface area contributed by atoms with Crippen LogP contribution in [0.15, 0.2) is 24.3 Å². The Morgan fingerprint density at radius 2 is 2.08 bits per heavy atom. The fourth-order valence-electron chi connectivity index (χ4n) is 3.42. The van der Waals surface area contributed by atoms with Crippen molar-refractivity contribution in [3.63, 3.8) is 0 Å². The first-order valence-electron chi connectivity index (χ1n) is 8.60. The lowest BCUT2D eigenvalue weighted by atomic mass is 9.99. The van der Waals surface area contributed by atoms with Crippen molar-refractivity contribution in [1.29, 1.82) is 0 Å². The Hall–Kier alpha value is -2.37.